The molecular formula is C24H28F2N2O3. The van der Waals surface area contributed by atoms with Crippen LogP contribution in [-0.4, -0.2) is 26.9 Å². The van der Waals surface area contributed by atoms with Gasteiger partial charge in [0, 0.05) is 19.2 Å². The number of unbranched alkanes of at least 4 members (excludes halogenated alkanes) is 1. The molecule has 0 spiro atoms. The highest BCUT2D eigenvalue weighted by molar-refractivity contribution is 5.97. The molecule has 0 aliphatic carbocycles. The highest BCUT2D eigenvalue weighted by Gasteiger charge is 2.29. The number of aliphatic hydroxyl groups excluding tert-OH is 1. The first-order chi connectivity index (χ1) is 14.8. The molecule has 2 aromatic heterocycles. The Morgan fingerprint density at radius 3 is 2.58 bits per heavy atom. The van der Waals surface area contributed by atoms with Gasteiger partial charge in [-0.3, -0.25) is 9.20 Å². The number of hydrogen-bond acceptors (Lipinski definition) is 4. The van der Waals surface area contributed by atoms with Crippen LogP contribution in [0.5, 0.6) is 5.75 Å². The molecule has 1 aromatic carbocycles. The van der Waals surface area contributed by atoms with E-state index in [1.54, 1.807) is 29.7 Å². The maximum absolute atomic E-state index is 13.9. The van der Waals surface area contributed by atoms with Crippen molar-refractivity contribution in [3.63, 3.8) is 0 Å². The number of nitrogens with zero attached hydrogens (tertiary/aromatic N) is 2. The lowest BCUT2D eigenvalue weighted by atomic mass is 9.80. The molecule has 31 heavy (non-hydrogen) atoms. The lowest BCUT2D eigenvalue weighted by molar-refractivity contribution is 0.0788. The molecule has 0 bridgehead atoms. The molecule has 0 radical (unpaired) electrons. The van der Waals surface area contributed by atoms with Gasteiger partial charge in [0.05, 0.1) is 11.3 Å². The number of ether oxygens (including phenoxy) is 1. The van der Waals surface area contributed by atoms with Gasteiger partial charge < -0.3 is 9.84 Å². The van der Waals surface area contributed by atoms with E-state index < -0.39 is 17.0 Å². The van der Waals surface area contributed by atoms with E-state index in [4.69, 9.17) is 4.74 Å². The van der Waals surface area contributed by atoms with E-state index in [1.165, 1.54) is 18.2 Å². The Morgan fingerprint density at radius 2 is 1.94 bits per heavy atom. The summed E-state index contributed by atoms with van der Waals surface area (Å²) in [7, 11) is 0. The molecule has 0 amide bonds. The van der Waals surface area contributed by atoms with Crippen molar-refractivity contribution in [2.75, 3.05) is 6.61 Å². The third kappa shape index (κ3) is 4.93. The number of benzene rings is 1. The van der Waals surface area contributed by atoms with Crippen LogP contribution in [-0.2, 0) is 6.61 Å². The van der Waals surface area contributed by atoms with Crippen LogP contribution in [0.3, 0.4) is 0 Å². The number of Topliss-reactive ketones (excluding diaryl/α,β-unsaturated/α-hetero) is 1. The number of aryl methyl sites for hydroxylation is 1. The summed E-state index contributed by atoms with van der Waals surface area (Å²) in [6.45, 7) is 5.35. The van der Waals surface area contributed by atoms with Crippen molar-refractivity contribution in [3.05, 3.63) is 65.1 Å². The Labute approximate surface area is 180 Å². The summed E-state index contributed by atoms with van der Waals surface area (Å²) in [5.41, 5.74) is 0.695. The van der Waals surface area contributed by atoms with Crippen molar-refractivity contribution in [2.45, 2.75) is 53.1 Å². The molecule has 5 nitrogen and oxygen atoms in total. The lowest BCUT2D eigenvalue weighted by Crippen LogP contribution is -2.26. The second kappa shape index (κ2) is 9.56. The van der Waals surface area contributed by atoms with Crippen LogP contribution in [0.15, 0.2) is 36.5 Å². The molecule has 0 fully saturated rings. The third-order valence-electron chi connectivity index (χ3n) is 5.59. The number of carbonyl (C=O) groups is 1. The molecular weight excluding hydrogens is 402 g/mol. The fourth-order valence-corrected chi connectivity index (χ4v) is 3.72. The summed E-state index contributed by atoms with van der Waals surface area (Å²) in [5, 5.41) is 9.85. The Bertz CT molecular complexity index is 1060. The predicted octanol–water partition coefficient (Wildman–Crippen LogP) is 5.26. The average Bonchev–Trinajstić information content (AvgIpc) is 3.08. The molecule has 2 heterocycles. The van der Waals surface area contributed by atoms with Crippen LogP contribution < -0.4 is 4.74 Å². The summed E-state index contributed by atoms with van der Waals surface area (Å²) in [6, 6.07) is 6.99. The summed E-state index contributed by atoms with van der Waals surface area (Å²) >= 11 is 0. The highest BCUT2D eigenvalue weighted by atomic mass is 19.1. The normalized spacial score (nSPS) is 13.4. The molecule has 1 N–H and O–H groups in total. The van der Waals surface area contributed by atoms with Gasteiger partial charge in [0.15, 0.2) is 17.2 Å². The topological polar surface area (TPSA) is 63.8 Å². The maximum Gasteiger partial charge on any atom is 0.182 e. The number of aliphatic hydroxyl groups is 1. The molecule has 166 valence electrons. The van der Waals surface area contributed by atoms with Gasteiger partial charge in [0.1, 0.15) is 23.9 Å². The number of pyridine rings is 1. The monoisotopic (exact) mass is 430 g/mol. The Hall–Kier alpha value is -2.80. The van der Waals surface area contributed by atoms with Crippen molar-refractivity contribution in [3.8, 4) is 5.75 Å². The molecule has 0 aliphatic heterocycles. The molecule has 3 aromatic rings. The zero-order valence-electron chi connectivity index (χ0n) is 18.1. The summed E-state index contributed by atoms with van der Waals surface area (Å²) in [5.74, 6) is -1.16. The first kappa shape index (κ1) is 22.9. The first-order valence-corrected chi connectivity index (χ1v) is 10.5. The number of fused-ring (bicyclic) bond motifs is 1. The fraction of sp³-hybridized carbons (Fsp3) is 0.417. The second-order valence-electron chi connectivity index (χ2n) is 8.27. The van der Waals surface area contributed by atoms with E-state index in [1.807, 2.05) is 6.92 Å². The maximum atomic E-state index is 13.9. The van der Waals surface area contributed by atoms with E-state index in [0.717, 1.165) is 19.3 Å². The van der Waals surface area contributed by atoms with Crippen LogP contribution in [0.25, 0.3) is 5.65 Å². The molecule has 1 atom stereocenters. The summed E-state index contributed by atoms with van der Waals surface area (Å²) in [6.07, 6.45) is 4.58. The number of rotatable bonds is 10. The van der Waals surface area contributed by atoms with E-state index in [9.17, 15) is 18.7 Å². The largest absolute Gasteiger partial charge is 0.485 e. The van der Waals surface area contributed by atoms with Gasteiger partial charge in [-0.05, 0) is 43.0 Å². The van der Waals surface area contributed by atoms with Crippen molar-refractivity contribution in [1.82, 2.24) is 9.38 Å². The van der Waals surface area contributed by atoms with Gasteiger partial charge in [0.2, 0.25) is 0 Å². The lowest BCUT2D eigenvalue weighted by Gasteiger charge is -2.26. The zero-order valence-corrected chi connectivity index (χ0v) is 18.1. The fourth-order valence-electron chi connectivity index (χ4n) is 3.72. The minimum Gasteiger partial charge on any atom is -0.485 e. The Morgan fingerprint density at radius 1 is 1.23 bits per heavy atom. The standard InChI is InChI=1S/C24H28F2N2O3/c1-4-5-11-24(3,15-29)13-20(30)22-16(2)27-23-21(10-7-12-28(22)23)31-14-17-18(25)8-6-9-19(17)26/h6-10,12,29H,4-5,11,13-15H2,1-3H3/t24-/m0/s1. The van der Waals surface area contributed by atoms with Gasteiger partial charge in [-0.15, -0.1) is 0 Å². The Kier molecular flexibility index (Phi) is 7.05. The third-order valence-corrected chi connectivity index (χ3v) is 5.59. The number of halogens is 2. The Balaban J connectivity index is 1.88. The van der Waals surface area contributed by atoms with Crippen molar-refractivity contribution < 1.29 is 23.4 Å². The number of ketones is 1. The van der Waals surface area contributed by atoms with E-state index >= 15 is 0 Å². The average molecular weight is 430 g/mol. The molecule has 3 rings (SSSR count). The van der Waals surface area contributed by atoms with Gasteiger partial charge in [0.25, 0.3) is 0 Å². The van der Waals surface area contributed by atoms with Gasteiger partial charge in [-0.2, -0.15) is 0 Å². The van der Waals surface area contributed by atoms with Gasteiger partial charge >= 0.3 is 0 Å². The van der Waals surface area contributed by atoms with Crippen LogP contribution in [0.1, 0.15) is 61.3 Å². The highest BCUT2D eigenvalue weighted by Crippen LogP contribution is 2.31. The van der Waals surface area contributed by atoms with Gasteiger partial charge in [-0.25, -0.2) is 13.8 Å². The smallest absolute Gasteiger partial charge is 0.182 e. The minimum atomic E-state index is -0.683. The molecule has 0 unspecified atom stereocenters. The second-order valence-corrected chi connectivity index (χ2v) is 8.27. The van der Waals surface area contributed by atoms with Crippen molar-refractivity contribution in [1.29, 1.82) is 0 Å². The molecule has 0 aliphatic rings. The van der Waals surface area contributed by atoms with Crippen molar-refractivity contribution in [2.24, 2.45) is 5.41 Å². The van der Waals surface area contributed by atoms with Crippen LogP contribution in [0.2, 0.25) is 0 Å². The first-order valence-electron chi connectivity index (χ1n) is 10.5. The summed E-state index contributed by atoms with van der Waals surface area (Å²) < 4.78 is 35.1. The van der Waals surface area contributed by atoms with E-state index in [0.29, 0.717) is 22.8 Å². The van der Waals surface area contributed by atoms with E-state index in [-0.39, 0.29) is 31.0 Å². The zero-order chi connectivity index (χ0) is 22.6. The number of imidazole rings is 1. The number of aromatic nitrogens is 2. The van der Waals surface area contributed by atoms with Gasteiger partial charge in [-0.1, -0.05) is 32.8 Å². The molecule has 0 saturated heterocycles. The van der Waals surface area contributed by atoms with Crippen molar-refractivity contribution >= 4 is 11.4 Å². The molecule has 0 saturated carbocycles. The number of carbonyl (C=O) groups excluding carboxylic acids is 1. The summed E-state index contributed by atoms with van der Waals surface area (Å²) in [4.78, 5) is 17.6. The SMILES string of the molecule is CCCC[C@](C)(CO)CC(=O)c1c(C)nc2c(OCc3c(F)cccc3F)cccn12. The molecule has 7 heteroatoms. The number of hydrogen-bond donors (Lipinski definition) is 1. The van der Waals surface area contributed by atoms with E-state index in [2.05, 4.69) is 11.9 Å². The van der Waals surface area contributed by atoms with Crippen LogP contribution >= 0.6 is 0 Å². The quantitative estimate of drug-likeness (QED) is 0.446. The minimum absolute atomic E-state index is 0.0723. The van der Waals surface area contributed by atoms with Crippen LogP contribution in [0, 0.1) is 24.0 Å². The predicted molar refractivity (Wildman–Crippen MR) is 114 cm³/mol. The van der Waals surface area contributed by atoms with Crippen LogP contribution in [0.4, 0.5) is 8.78 Å².